The van der Waals surface area contributed by atoms with Crippen LogP contribution in [0.1, 0.15) is 125 Å². The van der Waals surface area contributed by atoms with Gasteiger partial charge in [-0.2, -0.15) is 0 Å². The summed E-state index contributed by atoms with van der Waals surface area (Å²) in [7, 11) is 0. The van der Waals surface area contributed by atoms with E-state index >= 15 is 0 Å². The average Bonchev–Trinajstić information content (AvgIpc) is 2.58. The van der Waals surface area contributed by atoms with E-state index in [-0.39, 0.29) is 5.92 Å². The molecule has 26 heavy (non-hydrogen) atoms. The molecule has 0 bridgehead atoms. The molecule has 0 aromatic heterocycles. The van der Waals surface area contributed by atoms with Crippen molar-refractivity contribution in [2.45, 2.75) is 125 Å². The first-order chi connectivity index (χ1) is 12.4. The number of carboxylic acids is 1. The fourth-order valence-electron chi connectivity index (χ4n) is 4.05. The van der Waals surface area contributed by atoms with E-state index in [0.717, 1.165) is 25.2 Å². The van der Waals surface area contributed by atoms with E-state index in [2.05, 4.69) is 34.6 Å². The minimum absolute atomic E-state index is 0.128. The number of aliphatic carboxylic acids is 1. The van der Waals surface area contributed by atoms with E-state index in [4.69, 9.17) is 0 Å². The quantitative estimate of drug-likeness (QED) is 0.248. The lowest BCUT2D eigenvalue weighted by Crippen LogP contribution is -2.19. The molecule has 0 aliphatic heterocycles. The van der Waals surface area contributed by atoms with Crippen molar-refractivity contribution in [1.29, 1.82) is 0 Å². The fraction of sp³-hybridized carbons (Fsp3) is 0.958. The molecular weight excluding hydrogens is 320 g/mol. The lowest BCUT2D eigenvalue weighted by atomic mass is 9.83. The first-order valence-electron chi connectivity index (χ1n) is 11.6. The number of hydrogen-bond donors (Lipinski definition) is 1. The molecule has 0 aromatic rings. The molecule has 3 atom stereocenters. The number of unbranched alkanes of at least 4 members (excludes halogenated alkanes) is 4. The molecule has 0 aromatic carbocycles. The van der Waals surface area contributed by atoms with Crippen LogP contribution < -0.4 is 0 Å². The Kier molecular flexibility index (Phi) is 16.3. The van der Waals surface area contributed by atoms with E-state index < -0.39 is 5.97 Å². The first-order valence-corrected chi connectivity index (χ1v) is 11.6. The molecule has 0 heterocycles. The fourth-order valence-corrected chi connectivity index (χ4v) is 4.05. The van der Waals surface area contributed by atoms with Gasteiger partial charge in [0.2, 0.25) is 0 Å². The normalized spacial score (nSPS) is 15.2. The van der Waals surface area contributed by atoms with Gasteiger partial charge in [0, 0.05) is 0 Å². The third kappa shape index (κ3) is 14.6. The zero-order chi connectivity index (χ0) is 19.8. The standard InChI is InChI=1S/C24H48O2/c1-6-8-16-22(13-7-2)19-23(24(25)26)18-17-21(5)15-12-10-9-11-14-20(3)4/h20-23H,6-19H2,1-5H3,(H,25,26). The Morgan fingerprint density at radius 1 is 0.731 bits per heavy atom. The van der Waals surface area contributed by atoms with Gasteiger partial charge in [0.1, 0.15) is 0 Å². The molecular formula is C24H48O2. The van der Waals surface area contributed by atoms with Gasteiger partial charge in [-0.1, -0.05) is 105 Å². The van der Waals surface area contributed by atoms with E-state index in [9.17, 15) is 9.90 Å². The molecule has 0 aliphatic rings. The van der Waals surface area contributed by atoms with Crippen LogP contribution >= 0.6 is 0 Å². The van der Waals surface area contributed by atoms with Gasteiger partial charge >= 0.3 is 5.97 Å². The number of rotatable bonds is 18. The summed E-state index contributed by atoms with van der Waals surface area (Å²) in [6.45, 7) is 11.4. The molecule has 0 saturated heterocycles. The molecule has 0 radical (unpaired) electrons. The van der Waals surface area contributed by atoms with Crippen LogP contribution in [0, 0.1) is 23.7 Å². The van der Waals surface area contributed by atoms with Crippen molar-refractivity contribution in [3.8, 4) is 0 Å². The molecule has 0 aliphatic carbocycles. The third-order valence-corrected chi connectivity index (χ3v) is 5.87. The Morgan fingerprint density at radius 2 is 1.38 bits per heavy atom. The second-order valence-electron chi connectivity index (χ2n) is 9.14. The Labute approximate surface area is 164 Å². The SMILES string of the molecule is CCCCC(CCC)CC(CCC(C)CCCCCCC(C)C)C(=O)O. The summed E-state index contributed by atoms with van der Waals surface area (Å²) in [6.07, 6.45) is 16.9. The Hall–Kier alpha value is -0.530. The van der Waals surface area contributed by atoms with Crippen molar-refractivity contribution in [2.75, 3.05) is 0 Å². The van der Waals surface area contributed by atoms with Crippen LogP contribution in [0.3, 0.4) is 0 Å². The van der Waals surface area contributed by atoms with Crippen molar-refractivity contribution >= 4 is 5.97 Å². The zero-order valence-corrected chi connectivity index (χ0v) is 18.6. The van der Waals surface area contributed by atoms with Crippen LogP contribution in [0.2, 0.25) is 0 Å². The van der Waals surface area contributed by atoms with Crippen LogP contribution in [0.15, 0.2) is 0 Å². The predicted molar refractivity (Wildman–Crippen MR) is 115 cm³/mol. The molecule has 1 N–H and O–H groups in total. The molecule has 2 heteroatoms. The number of carbonyl (C=O) groups is 1. The molecule has 0 amide bonds. The highest BCUT2D eigenvalue weighted by atomic mass is 16.4. The van der Waals surface area contributed by atoms with Crippen molar-refractivity contribution < 1.29 is 9.90 Å². The minimum atomic E-state index is -0.566. The van der Waals surface area contributed by atoms with Crippen molar-refractivity contribution in [3.63, 3.8) is 0 Å². The second-order valence-corrected chi connectivity index (χ2v) is 9.14. The highest BCUT2D eigenvalue weighted by Crippen LogP contribution is 2.28. The topological polar surface area (TPSA) is 37.3 Å². The van der Waals surface area contributed by atoms with Crippen LogP contribution in [-0.4, -0.2) is 11.1 Å². The summed E-state index contributed by atoms with van der Waals surface area (Å²) in [4.78, 5) is 11.7. The summed E-state index contributed by atoms with van der Waals surface area (Å²) in [5.74, 6) is 1.41. The van der Waals surface area contributed by atoms with Crippen LogP contribution in [0.5, 0.6) is 0 Å². The van der Waals surface area contributed by atoms with Gasteiger partial charge in [0.15, 0.2) is 0 Å². The largest absolute Gasteiger partial charge is 0.481 e. The highest BCUT2D eigenvalue weighted by molar-refractivity contribution is 5.69. The van der Waals surface area contributed by atoms with Crippen LogP contribution in [0.25, 0.3) is 0 Å². The summed E-state index contributed by atoms with van der Waals surface area (Å²) in [5.41, 5.74) is 0. The van der Waals surface area contributed by atoms with Gasteiger partial charge in [-0.25, -0.2) is 0 Å². The Bertz CT molecular complexity index is 324. The molecule has 2 nitrogen and oxygen atoms in total. The van der Waals surface area contributed by atoms with Gasteiger partial charge in [0.05, 0.1) is 5.92 Å². The van der Waals surface area contributed by atoms with Crippen molar-refractivity contribution in [3.05, 3.63) is 0 Å². The highest BCUT2D eigenvalue weighted by Gasteiger charge is 2.22. The lowest BCUT2D eigenvalue weighted by Gasteiger charge is -2.22. The maximum absolute atomic E-state index is 11.7. The first kappa shape index (κ1) is 25.5. The summed E-state index contributed by atoms with van der Waals surface area (Å²) >= 11 is 0. The molecule has 0 rings (SSSR count). The van der Waals surface area contributed by atoms with Gasteiger partial charge in [-0.3, -0.25) is 4.79 Å². The molecule has 0 fully saturated rings. The van der Waals surface area contributed by atoms with E-state index in [1.54, 1.807) is 0 Å². The van der Waals surface area contributed by atoms with Gasteiger partial charge in [-0.15, -0.1) is 0 Å². The predicted octanol–water partition coefficient (Wildman–Crippen LogP) is 8.10. The summed E-state index contributed by atoms with van der Waals surface area (Å²) in [5, 5.41) is 9.65. The summed E-state index contributed by atoms with van der Waals surface area (Å²) in [6, 6.07) is 0. The Morgan fingerprint density at radius 3 is 1.92 bits per heavy atom. The second kappa shape index (κ2) is 16.6. The monoisotopic (exact) mass is 368 g/mol. The molecule has 0 saturated carbocycles. The zero-order valence-electron chi connectivity index (χ0n) is 18.6. The number of hydrogen-bond acceptors (Lipinski definition) is 1. The smallest absolute Gasteiger partial charge is 0.306 e. The van der Waals surface area contributed by atoms with Gasteiger partial charge in [-0.05, 0) is 37.0 Å². The maximum Gasteiger partial charge on any atom is 0.306 e. The maximum atomic E-state index is 11.7. The van der Waals surface area contributed by atoms with Gasteiger partial charge in [0.25, 0.3) is 0 Å². The van der Waals surface area contributed by atoms with Crippen molar-refractivity contribution in [1.82, 2.24) is 0 Å². The summed E-state index contributed by atoms with van der Waals surface area (Å²) < 4.78 is 0. The Balaban J connectivity index is 4.07. The third-order valence-electron chi connectivity index (χ3n) is 5.87. The molecule has 156 valence electrons. The average molecular weight is 369 g/mol. The van der Waals surface area contributed by atoms with Crippen LogP contribution in [-0.2, 0) is 4.79 Å². The lowest BCUT2D eigenvalue weighted by molar-refractivity contribution is -0.142. The van der Waals surface area contributed by atoms with Gasteiger partial charge < -0.3 is 5.11 Å². The van der Waals surface area contributed by atoms with Crippen molar-refractivity contribution in [2.24, 2.45) is 23.7 Å². The minimum Gasteiger partial charge on any atom is -0.481 e. The van der Waals surface area contributed by atoms with E-state index in [0.29, 0.717) is 11.8 Å². The van der Waals surface area contributed by atoms with E-state index in [1.807, 2.05) is 0 Å². The molecule has 3 unspecified atom stereocenters. The number of carboxylic acid groups (broad SMARTS) is 1. The van der Waals surface area contributed by atoms with Crippen LogP contribution in [0.4, 0.5) is 0 Å². The van der Waals surface area contributed by atoms with E-state index in [1.165, 1.54) is 70.6 Å². The molecule has 0 spiro atoms.